The van der Waals surface area contributed by atoms with Crippen LogP contribution in [-0.4, -0.2) is 31.8 Å². The van der Waals surface area contributed by atoms with Crippen molar-refractivity contribution in [1.82, 2.24) is 0 Å². The summed E-state index contributed by atoms with van der Waals surface area (Å²) in [4.78, 5) is 11.8. The van der Waals surface area contributed by atoms with Crippen molar-refractivity contribution in [2.24, 2.45) is 0 Å². The number of ether oxygens (including phenoxy) is 2. The van der Waals surface area contributed by atoms with E-state index in [0.29, 0.717) is 17.9 Å². The minimum atomic E-state index is -0.385. The summed E-state index contributed by atoms with van der Waals surface area (Å²) in [7, 11) is 0. The molecule has 5 nitrogen and oxygen atoms in total. The largest absolute Gasteiger partial charge is 0.462 e. The number of para-hydroxylation sites is 1. The third kappa shape index (κ3) is 6.04. The number of unbranched alkanes of at least 4 members (excludes halogenated alkanes) is 1. The number of nitrogen functional groups attached to an aromatic ring is 1. The van der Waals surface area contributed by atoms with Crippen LogP contribution in [0.15, 0.2) is 18.2 Å². The summed E-state index contributed by atoms with van der Waals surface area (Å²) in [5.74, 6) is -0.385. The Morgan fingerprint density at radius 2 is 2.10 bits per heavy atom. The van der Waals surface area contributed by atoms with Crippen molar-refractivity contribution in [2.45, 2.75) is 39.7 Å². The highest BCUT2D eigenvalue weighted by Crippen LogP contribution is 2.23. The quantitative estimate of drug-likeness (QED) is 0.416. The van der Waals surface area contributed by atoms with Crippen molar-refractivity contribution in [1.29, 1.82) is 0 Å². The Labute approximate surface area is 126 Å². The van der Waals surface area contributed by atoms with Gasteiger partial charge in [-0.25, -0.2) is 4.79 Å². The summed E-state index contributed by atoms with van der Waals surface area (Å²) in [5, 5.41) is 3.25. The average Bonchev–Trinajstić information content (AvgIpc) is 2.44. The second kappa shape index (κ2) is 9.23. The number of hydrogen-bond donors (Lipinski definition) is 2. The summed E-state index contributed by atoms with van der Waals surface area (Å²) >= 11 is 0. The summed E-state index contributed by atoms with van der Waals surface area (Å²) in [6.07, 6.45) is 2.24. The number of nitrogens with one attached hydrogen (secondary N) is 1. The number of rotatable bonds is 9. The Morgan fingerprint density at radius 1 is 1.33 bits per heavy atom. The molecule has 5 heteroatoms. The third-order valence-corrected chi connectivity index (χ3v) is 2.94. The molecule has 0 aliphatic carbocycles. The number of nitrogens with two attached hydrogens (primary N) is 1. The number of anilines is 2. The zero-order valence-corrected chi connectivity index (χ0v) is 13.1. The molecule has 118 valence electrons. The number of carbonyl (C=O) groups excluding carboxylic acids is 1. The van der Waals surface area contributed by atoms with Crippen molar-refractivity contribution >= 4 is 17.3 Å². The molecule has 0 atom stereocenters. The first-order valence-electron chi connectivity index (χ1n) is 7.47. The Balaban J connectivity index is 2.45. The van der Waals surface area contributed by atoms with Gasteiger partial charge in [-0.3, -0.25) is 0 Å². The summed E-state index contributed by atoms with van der Waals surface area (Å²) in [6, 6.07) is 5.34. The molecular weight excluding hydrogens is 268 g/mol. The smallest absolute Gasteiger partial charge is 0.340 e. The van der Waals surface area contributed by atoms with Gasteiger partial charge >= 0.3 is 5.97 Å². The predicted molar refractivity (Wildman–Crippen MR) is 85.6 cm³/mol. The molecule has 0 amide bonds. The zero-order valence-electron chi connectivity index (χ0n) is 13.1. The first-order valence-corrected chi connectivity index (χ1v) is 7.47. The van der Waals surface area contributed by atoms with E-state index in [1.807, 2.05) is 19.9 Å². The molecule has 0 saturated heterocycles. The lowest BCUT2D eigenvalue weighted by Gasteiger charge is -2.12. The predicted octanol–water partition coefficient (Wildman–Crippen LogP) is 3.06. The Kier molecular flexibility index (Phi) is 7.61. The fourth-order valence-corrected chi connectivity index (χ4v) is 1.88. The monoisotopic (exact) mass is 294 g/mol. The minimum absolute atomic E-state index is 0.273. The van der Waals surface area contributed by atoms with Gasteiger partial charge in [0.1, 0.15) is 0 Å². The molecule has 1 aromatic carbocycles. The fourth-order valence-electron chi connectivity index (χ4n) is 1.88. The van der Waals surface area contributed by atoms with Gasteiger partial charge in [0.15, 0.2) is 0 Å². The van der Waals surface area contributed by atoms with Crippen molar-refractivity contribution < 1.29 is 14.3 Å². The van der Waals surface area contributed by atoms with Crippen molar-refractivity contribution in [3.63, 3.8) is 0 Å². The van der Waals surface area contributed by atoms with Crippen LogP contribution >= 0.6 is 0 Å². The van der Waals surface area contributed by atoms with Gasteiger partial charge in [-0.15, -0.1) is 0 Å². The maximum Gasteiger partial charge on any atom is 0.340 e. The normalized spacial score (nSPS) is 10.7. The van der Waals surface area contributed by atoms with Crippen LogP contribution < -0.4 is 11.1 Å². The highest BCUT2D eigenvalue weighted by atomic mass is 16.5. The molecular formula is C16H26N2O3. The van der Waals surface area contributed by atoms with Crippen molar-refractivity contribution in [2.75, 3.05) is 30.8 Å². The van der Waals surface area contributed by atoms with Crippen LogP contribution in [0.25, 0.3) is 0 Å². The SMILES string of the molecule is CCOC(=O)c1cccc(NCCCCOC(C)C)c1N. The molecule has 0 aliphatic heterocycles. The van der Waals surface area contributed by atoms with Crippen molar-refractivity contribution in [3.05, 3.63) is 23.8 Å². The van der Waals surface area contributed by atoms with E-state index in [9.17, 15) is 4.79 Å². The molecule has 1 aromatic rings. The Bertz CT molecular complexity index is 447. The standard InChI is InChI=1S/C16H26N2O3/c1-4-20-16(19)13-8-7-9-14(15(13)17)18-10-5-6-11-21-12(2)3/h7-9,12,18H,4-6,10-11,17H2,1-3H3. The number of hydrogen-bond acceptors (Lipinski definition) is 5. The lowest BCUT2D eigenvalue weighted by atomic mass is 10.1. The van der Waals surface area contributed by atoms with Crippen LogP contribution in [0.2, 0.25) is 0 Å². The molecule has 0 fully saturated rings. The molecule has 21 heavy (non-hydrogen) atoms. The van der Waals surface area contributed by atoms with Crippen LogP contribution in [0, 0.1) is 0 Å². The Morgan fingerprint density at radius 3 is 2.76 bits per heavy atom. The summed E-state index contributed by atoms with van der Waals surface area (Å²) in [5.41, 5.74) is 7.62. The fraction of sp³-hybridized carbons (Fsp3) is 0.562. The second-order valence-corrected chi connectivity index (χ2v) is 5.04. The molecule has 0 aromatic heterocycles. The van der Waals surface area contributed by atoms with E-state index in [4.69, 9.17) is 15.2 Å². The van der Waals surface area contributed by atoms with Gasteiger partial charge in [0.25, 0.3) is 0 Å². The van der Waals surface area contributed by atoms with Crippen LogP contribution in [0.4, 0.5) is 11.4 Å². The minimum Gasteiger partial charge on any atom is -0.462 e. The van der Waals surface area contributed by atoms with Gasteiger partial charge in [-0.2, -0.15) is 0 Å². The van der Waals surface area contributed by atoms with E-state index in [0.717, 1.165) is 31.7 Å². The first-order chi connectivity index (χ1) is 10.1. The van der Waals surface area contributed by atoms with E-state index < -0.39 is 0 Å². The van der Waals surface area contributed by atoms with Gasteiger partial charge < -0.3 is 20.5 Å². The van der Waals surface area contributed by atoms with E-state index in [-0.39, 0.29) is 12.1 Å². The molecule has 3 N–H and O–H groups in total. The Hall–Kier alpha value is -1.75. The maximum absolute atomic E-state index is 11.8. The molecule has 0 aliphatic rings. The molecule has 1 rings (SSSR count). The van der Waals surface area contributed by atoms with Gasteiger partial charge in [0.2, 0.25) is 0 Å². The number of esters is 1. The van der Waals surface area contributed by atoms with Gasteiger partial charge in [0, 0.05) is 13.2 Å². The number of carbonyl (C=O) groups is 1. The van der Waals surface area contributed by atoms with E-state index >= 15 is 0 Å². The van der Waals surface area contributed by atoms with E-state index in [1.54, 1.807) is 19.1 Å². The van der Waals surface area contributed by atoms with Gasteiger partial charge in [-0.1, -0.05) is 6.07 Å². The van der Waals surface area contributed by atoms with Gasteiger partial charge in [-0.05, 0) is 45.7 Å². The van der Waals surface area contributed by atoms with Gasteiger partial charge in [0.05, 0.1) is 29.6 Å². The van der Waals surface area contributed by atoms with E-state index in [1.165, 1.54) is 0 Å². The molecule has 0 bridgehead atoms. The number of benzene rings is 1. The molecule has 0 unspecified atom stereocenters. The molecule has 0 spiro atoms. The van der Waals surface area contributed by atoms with Crippen LogP contribution in [-0.2, 0) is 9.47 Å². The zero-order chi connectivity index (χ0) is 15.7. The third-order valence-electron chi connectivity index (χ3n) is 2.94. The highest BCUT2D eigenvalue weighted by Gasteiger charge is 2.12. The average molecular weight is 294 g/mol. The molecule has 0 saturated carbocycles. The summed E-state index contributed by atoms with van der Waals surface area (Å²) < 4.78 is 10.5. The second-order valence-electron chi connectivity index (χ2n) is 5.04. The van der Waals surface area contributed by atoms with Crippen LogP contribution in [0.3, 0.4) is 0 Å². The molecule has 0 radical (unpaired) electrons. The maximum atomic E-state index is 11.8. The lowest BCUT2D eigenvalue weighted by molar-refractivity contribution is 0.0527. The topological polar surface area (TPSA) is 73.6 Å². The lowest BCUT2D eigenvalue weighted by Crippen LogP contribution is -2.11. The van der Waals surface area contributed by atoms with Crippen molar-refractivity contribution in [3.8, 4) is 0 Å². The first kappa shape index (κ1) is 17.3. The highest BCUT2D eigenvalue weighted by molar-refractivity contribution is 5.98. The summed E-state index contributed by atoms with van der Waals surface area (Å²) in [6.45, 7) is 7.72. The van der Waals surface area contributed by atoms with Crippen LogP contribution in [0.5, 0.6) is 0 Å². The van der Waals surface area contributed by atoms with E-state index in [2.05, 4.69) is 5.32 Å². The van der Waals surface area contributed by atoms with Crippen LogP contribution in [0.1, 0.15) is 44.0 Å². The molecule has 0 heterocycles.